The molecule has 0 bridgehead atoms. The molecule has 0 amide bonds. The molecule has 5 rings (SSSR count). The van der Waals surface area contributed by atoms with Gasteiger partial charge in [0.05, 0.1) is 41.0 Å². The number of hydrogen-bond donors (Lipinski definition) is 2. The number of piperidine rings is 1. The molecule has 0 saturated carbocycles. The number of nitrogens with zero attached hydrogens (tertiary/aromatic N) is 3. The summed E-state index contributed by atoms with van der Waals surface area (Å²) in [6, 6.07) is 7.10. The number of nitrogens with two attached hydrogens (primary N) is 1. The topological polar surface area (TPSA) is 85.5 Å². The zero-order chi connectivity index (χ0) is 27.6. The van der Waals surface area contributed by atoms with Crippen LogP contribution in [0.1, 0.15) is 37.4 Å². The van der Waals surface area contributed by atoms with E-state index in [1.165, 1.54) is 31.4 Å². The molecule has 2 atom stereocenters. The minimum Gasteiger partial charge on any atom is -0.381 e. The minimum atomic E-state index is -0.894. The van der Waals surface area contributed by atoms with Gasteiger partial charge >= 0.3 is 0 Å². The first-order chi connectivity index (χ1) is 18.8. The third-order valence-corrected chi connectivity index (χ3v) is 7.69. The van der Waals surface area contributed by atoms with Crippen molar-refractivity contribution < 1.29 is 22.6 Å². The number of ether oxygens (including phenoxy) is 2. The number of benzene rings is 1. The fraction of sp³-hybridized carbons (Fsp3) is 0.448. The zero-order valence-electron chi connectivity index (χ0n) is 22.2. The highest BCUT2D eigenvalue weighted by Gasteiger charge is 2.36. The Hall–Kier alpha value is -3.21. The Morgan fingerprint density at radius 3 is 2.54 bits per heavy atom. The summed E-state index contributed by atoms with van der Waals surface area (Å²) < 4.78 is 56.7. The Kier molecular flexibility index (Phi) is 8.06. The van der Waals surface area contributed by atoms with E-state index < -0.39 is 28.6 Å². The van der Waals surface area contributed by atoms with Crippen molar-refractivity contribution in [2.45, 2.75) is 44.4 Å². The first-order valence-corrected chi connectivity index (χ1v) is 13.3. The summed E-state index contributed by atoms with van der Waals surface area (Å²) in [6.45, 7) is 4.83. The van der Waals surface area contributed by atoms with Gasteiger partial charge in [0.2, 0.25) is 0 Å². The van der Waals surface area contributed by atoms with Crippen LogP contribution in [0, 0.1) is 23.4 Å². The van der Waals surface area contributed by atoms with Gasteiger partial charge in [0, 0.05) is 58.5 Å². The van der Waals surface area contributed by atoms with Crippen molar-refractivity contribution in [3.63, 3.8) is 0 Å². The van der Waals surface area contributed by atoms with Crippen molar-refractivity contribution in [1.29, 1.82) is 0 Å². The molecule has 7 nitrogen and oxygen atoms in total. The maximum absolute atomic E-state index is 15.4. The van der Waals surface area contributed by atoms with E-state index in [9.17, 15) is 4.39 Å². The van der Waals surface area contributed by atoms with Crippen LogP contribution in [0.5, 0.6) is 0 Å². The lowest BCUT2D eigenvalue weighted by molar-refractivity contribution is -0.0950. The molecule has 3 aromatic rings. The van der Waals surface area contributed by atoms with Gasteiger partial charge in [0.1, 0.15) is 23.1 Å². The zero-order valence-corrected chi connectivity index (χ0v) is 22.2. The average molecular weight is 542 g/mol. The number of anilines is 2. The molecule has 4 heterocycles. The van der Waals surface area contributed by atoms with Gasteiger partial charge in [-0.1, -0.05) is 6.92 Å². The third-order valence-electron chi connectivity index (χ3n) is 7.69. The summed E-state index contributed by atoms with van der Waals surface area (Å²) in [6.07, 6.45) is 5.34. The van der Waals surface area contributed by atoms with Crippen LogP contribution in [0.25, 0.3) is 11.3 Å². The molecule has 2 aromatic heterocycles. The van der Waals surface area contributed by atoms with E-state index in [1.807, 2.05) is 6.07 Å². The third kappa shape index (κ3) is 5.73. The molecular weight excluding hydrogens is 507 g/mol. The summed E-state index contributed by atoms with van der Waals surface area (Å²) in [5.41, 5.74) is 7.03. The molecule has 3 N–H and O–H groups in total. The number of pyridine rings is 2. The van der Waals surface area contributed by atoms with Gasteiger partial charge in [-0.05, 0) is 48.2 Å². The maximum atomic E-state index is 15.4. The normalized spacial score (nSPS) is 21.1. The molecule has 2 saturated heterocycles. The lowest BCUT2D eigenvalue weighted by atomic mass is 9.85. The van der Waals surface area contributed by atoms with Crippen LogP contribution in [-0.4, -0.2) is 49.4 Å². The molecule has 0 spiro atoms. The monoisotopic (exact) mass is 541 g/mol. The van der Waals surface area contributed by atoms with Crippen LogP contribution in [0.4, 0.5) is 24.5 Å². The molecule has 2 aliphatic heterocycles. The van der Waals surface area contributed by atoms with Gasteiger partial charge in [-0.25, -0.2) is 18.2 Å². The Bertz CT molecular complexity index is 1280. The number of nitrogens with one attached hydrogen (secondary N) is 1. The Labute approximate surface area is 226 Å². The van der Waals surface area contributed by atoms with Crippen LogP contribution in [0.2, 0.25) is 0 Å². The van der Waals surface area contributed by atoms with E-state index in [1.54, 1.807) is 12.4 Å². The van der Waals surface area contributed by atoms with E-state index in [0.717, 1.165) is 30.9 Å². The SMILES string of the molecule is COC1(c2cc(F)c(-c3nc(CNc4cnccc4N4CC(C)CC(N)C4)ccc3F)c(F)c2)CCOCC1. The van der Waals surface area contributed by atoms with Gasteiger partial charge in [-0.15, -0.1) is 0 Å². The summed E-state index contributed by atoms with van der Waals surface area (Å²) in [4.78, 5) is 10.8. The van der Waals surface area contributed by atoms with Gasteiger partial charge in [0.25, 0.3) is 0 Å². The smallest absolute Gasteiger partial charge is 0.149 e. The van der Waals surface area contributed by atoms with Gasteiger partial charge < -0.3 is 25.4 Å². The van der Waals surface area contributed by atoms with Crippen LogP contribution < -0.4 is 16.0 Å². The molecule has 10 heteroatoms. The van der Waals surface area contributed by atoms with E-state index in [0.29, 0.717) is 43.2 Å². The molecular formula is C29H34F3N5O2. The molecule has 2 aliphatic rings. The van der Waals surface area contributed by atoms with E-state index in [4.69, 9.17) is 15.2 Å². The van der Waals surface area contributed by atoms with Crippen LogP contribution in [0.3, 0.4) is 0 Å². The Morgan fingerprint density at radius 2 is 1.85 bits per heavy atom. The molecule has 39 heavy (non-hydrogen) atoms. The lowest BCUT2D eigenvalue weighted by Crippen LogP contribution is -2.46. The van der Waals surface area contributed by atoms with E-state index in [2.05, 4.69) is 27.1 Å². The van der Waals surface area contributed by atoms with Gasteiger partial charge in [-0.2, -0.15) is 0 Å². The molecule has 1 aromatic carbocycles. The summed E-state index contributed by atoms with van der Waals surface area (Å²) >= 11 is 0. The average Bonchev–Trinajstić information content (AvgIpc) is 2.93. The molecule has 0 radical (unpaired) electrons. The molecule has 208 valence electrons. The summed E-state index contributed by atoms with van der Waals surface area (Å²) in [7, 11) is 1.51. The summed E-state index contributed by atoms with van der Waals surface area (Å²) in [5, 5.41) is 3.30. The largest absolute Gasteiger partial charge is 0.381 e. The molecule has 2 fully saturated rings. The van der Waals surface area contributed by atoms with Crippen molar-refractivity contribution in [2.24, 2.45) is 11.7 Å². The van der Waals surface area contributed by atoms with Crippen molar-refractivity contribution in [2.75, 3.05) is 43.6 Å². The highest BCUT2D eigenvalue weighted by Crippen LogP contribution is 2.39. The van der Waals surface area contributed by atoms with Crippen LogP contribution in [-0.2, 0) is 21.6 Å². The van der Waals surface area contributed by atoms with Crippen LogP contribution in [0.15, 0.2) is 42.7 Å². The highest BCUT2D eigenvalue weighted by molar-refractivity contribution is 5.69. The predicted octanol–water partition coefficient (Wildman–Crippen LogP) is 5.00. The number of methoxy groups -OCH3 is 1. The van der Waals surface area contributed by atoms with Crippen molar-refractivity contribution in [3.8, 4) is 11.3 Å². The lowest BCUT2D eigenvalue weighted by Gasteiger charge is -2.37. The van der Waals surface area contributed by atoms with Gasteiger partial charge in [-0.3, -0.25) is 4.98 Å². The Morgan fingerprint density at radius 1 is 1.10 bits per heavy atom. The van der Waals surface area contributed by atoms with Gasteiger partial charge in [0.15, 0.2) is 0 Å². The minimum absolute atomic E-state index is 0.0810. The van der Waals surface area contributed by atoms with Crippen molar-refractivity contribution in [1.82, 2.24) is 9.97 Å². The number of hydrogen-bond acceptors (Lipinski definition) is 7. The first kappa shape index (κ1) is 27.4. The predicted molar refractivity (Wildman–Crippen MR) is 144 cm³/mol. The maximum Gasteiger partial charge on any atom is 0.149 e. The van der Waals surface area contributed by atoms with Crippen molar-refractivity contribution in [3.05, 3.63) is 71.4 Å². The Balaban J connectivity index is 1.39. The summed E-state index contributed by atoms with van der Waals surface area (Å²) in [5.74, 6) is -2.14. The van der Waals surface area contributed by atoms with E-state index in [-0.39, 0.29) is 18.3 Å². The molecule has 0 aliphatic carbocycles. The number of halogens is 3. The fourth-order valence-electron chi connectivity index (χ4n) is 5.71. The number of rotatable bonds is 7. The van der Waals surface area contributed by atoms with E-state index >= 15 is 8.78 Å². The van der Waals surface area contributed by atoms with Crippen molar-refractivity contribution >= 4 is 11.4 Å². The highest BCUT2D eigenvalue weighted by atomic mass is 19.1. The fourth-order valence-corrected chi connectivity index (χ4v) is 5.71. The first-order valence-electron chi connectivity index (χ1n) is 13.3. The molecule has 2 unspecified atom stereocenters. The standard InChI is InChI=1S/C29H34F3N5O2/c1-18-11-20(33)17-37(16-18)26-5-8-34-15-25(26)35-14-21-3-4-22(30)28(36-21)27-23(31)12-19(13-24(27)32)29(38-2)6-9-39-10-7-29/h3-5,8,12-13,15,18,20,35H,6-7,9-11,14,16-17,33H2,1-2H3. The van der Waals surface area contributed by atoms with Crippen LogP contribution >= 0.6 is 0 Å². The quantitative estimate of drug-likeness (QED) is 0.436. The second kappa shape index (κ2) is 11.5. The number of aromatic nitrogens is 2. The second-order valence-corrected chi connectivity index (χ2v) is 10.5. The second-order valence-electron chi connectivity index (χ2n) is 10.5.